The van der Waals surface area contributed by atoms with Gasteiger partial charge >= 0.3 is 0 Å². The number of anilines is 1. The van der Waals surface area contributed by atoms with E-state index >= 15 is 0 Å². The van der Waals surface area contributed by atoms with Gasteiger partial charge in [-0.2, -0.15) is 0 Å². The molecule has 0 saturated heterocycles. The molecule has 1 N–H and O–H groups in total. The molecule has 2 aliphatic heterocycles. The maximum absolute atomic E-state index is 13.4. The number of para-hydroxylation sites is 1. The Morgan fingerprint density at radius 3 is 2.34 bits per heavy atom. The van der Waals surface area contributed by atoms with E-state index in [1.807, 2.05) is 36.4 Å². The summed E-state index contributed by atoms with van der Waals surface area (Å²) < 4.78 is 5.15. The Morgan fingerprint density at radius 2 is 1.59 bits per heavy atom. The lowest BCUT2D eigenvalue weighted by Crippen LogP contribution is -2.51. The lowest BCUT2D eigenvalue weighted by molar-refractivity contribution is -0.122. The molecule has 0 radical (unpaired) electrons. The van der Waals surface area contributed by atoms with Crippen LogP contribution in [-0.2, 0) is 11.3 Å². The van der Waals surface area contributed by atoms with Crippen molar-refractivity contribution in [3.8, 4) is 5.75 Å². The summed E-state index contributed by atoms with van der Waals surface area (Å²) in [5, 5.41) is 2.87. The first kappa shape index (κ1) is 19.8. The van der Waals surface area contributed by atoms with Crippen molar-refractivity contribution < 1.29 is 19.1 Å². The lowest BCUT2D eigenvalue weighted by atomic mass is 10.0. The molecule has 0 unspecified atom stereocenters. The second-order valence-corrected chi connectivity index (χ2v) is 7.71. The van der Waals surface area contributed by atoms with Crippen LogP contribution in [0.1, 0.15) is 38.0 Å². The number of hydrogen-bond acceptors (Lipinski definition) is 4. The van der Waals surface area contributed by atoms with E-state index in [1.165, 1.54) is 4.90 Å². The second kappa shape index (κ2) is 7.85. The lowest BCUT2D eigenvalue weighted by Gasteiger charge is -2.40. The van der Waals surface area contributed by atoms with Gasteiger partial charge in [0.15, 0.2) is 0 Å². The minimum absolute atomic E-state index is 0.161. The molecule has 5 rings (SSSR count). The van der Waals surface area contributed by atoms with E-state index in [-0.39, 0.29) is 24.3 Å². The summed E-state index contributed by atoms with van der Waals surface area (Å²) in [6.07, 6.45) is -0.646. The molecule has 0 saturated carbocycles. The van der Waals surface area contributed by atoms with Gasteiger partial charge in [-0.25, -0.2) is 0 Å². The molecule has 0 spiro atoms. The van der Waals surface area contributed by atoms with E-state index in [9.17, 15) is 14.4 Å². The van der Waals surface area contributed by atoms with E-state index in [0.717, 1.165) is 16.9 Å². The molecule has 160 valence electrons. The average molecular weight is 427 g/mol. The van der Waals surface area contributed by atoms with Crippen molar-refractivity contribution in [1.82, 2.24) is 10.2 Å². The number of benzene rings is 3. The first-order valence-electron chi connectivity index (χ1n) is 10.3. The van der Waals surface area contributed by atoms with Crippen LogP contribution in [0.25, 0.3) is 0 Å². The highest BCUT2D eigenvalue weighted by molar-refractivity contribution is 6.17. The van der Waals surface area contributed by atoms with Crippen LogP contribution in [0.3, 0.4) is 0 Å². The van der Waals surface area contributed by atoms with E-state index in [1.54, 1.807) is 48.4 Å². The molecule has 7 heteroatoms. The Bertz CT molecular complexity index is 1220. The van der Waals surface area contributed by atoms with Gasteiger partial charge in [0.05, 0.1) is 18.4 Å². The van der Waals surface area contributed by atoms with Gasteiger partial charge in [-0.05, 0) is 35.9 Å². The van der Waals surface area contributed by atoms with E-state index in [4.69, 9.17) is 4.74 Å². The van der Waals surface area contributed by atoms with Crippen LogP contribution in [0.2, 0.25) is 0 Å². The van der Waals surface area contributed by atoms with Gasteiger partial charge in [0, 0.05) is 17.7 Å². The highest BCUT2D eigenvalue weighted by Crippen LogP contribution is 2.44. The molecule has 2 heterocycles. The van der Waals surface area contributed by atoms with Crippen LogP contribution in [0, 0.1) is 0 Å². The van der Waals surface area contributed by atoms with Crippen LogP contribution < -0.4 is 15.0 Å². The zero-order chi connectivity index (χ0) is 22.2. The van der Waals surface area contributed by atoms with Gasteiger partial charge in [0.25, 0.3) is 11.8 Å². The zero-order valence-corrected chi connectivity index (χ0v) is 17.4. The number of amides is 3. The SMILES string of the molecule is COc1ccc(CNC(=O)CN2C(=O)c3ccccc3N3C(=O)c4ccccc4[C@@H]23)cc1. The summed E-state index contributed by atoms with van der Waals surface area (Å²) in [7, 11) is 1.60. The topological polar surface area (TPSA) is 79.0 Å². The summed E-state index contributed by atoms with van der Waals surface area (Å²) in [4.78, 5) is 42.4. The first-order valence-corrected chi connectivity index (χ1v) is 10.3. The number of rotatable bonds is 5. The first-order chi connectivity index (χ1) is 15.6. The number of hydrogen-bond donors (Lipinski definition) is 1. The fraction of sp³-hybridized carbons (Fsp3) is 0.160. The number of carbonyl (C=O) groups excluding carboxylic acids is 3. The van der Waals surface area contributed by atoms with Gasteiger partial charge in [0.2, 0.25) is 5.91 Å². The Kier molecular flexibility index (Phi) is 4.86. The van der Waals surface area contributed by atoms with Crippen LogP contribution in [0.5, 0.6) is 5.75 Å². The third-order valence-electron chi connectivity index (χ3n) is 5.85. The molecule has 3 aromatic carbocycles. The van der Waals surface area contributed by atoms with Crippen molar-refractivity contribution in [2.45, 2.75) is 12.7 Å². The van der Waals surface area contributed by atoms with Crippen molar-refractivity contribution in [2.24, 2.45) is 0 Å². The third-order valence-corrected chi connectivity index (χ3v) is 5.85. The highest BCUT2D eigenvalue weighted by Gasteiger charge is 2.47. The number of methoxy groups -OCH3 is 1. The Hall–Kier alpha value is -4.13. The van der Waals surface area contributed by atoms with E-state index in [0.29, 0.717) is 23.4 Å². The monoisotopic (exact) mass is 427 g/mol. The fourth-order valence-corrected chi connectivity index (χ4v) is 4.29. The molecule has 2 aliphatic rings. The van der Waals surface area contributed by atoms with Gasteiger partial charge in [-0.1, -0.05) is 42.5 Å². The van der Waals surface area contributed by atoms with Crippen molar-refractivity contribution in [3.05, 3.63) is 95.1 Å². The Morgan fingerprint density at radius 1 is 0.906 bits per heavy atom. The fourth-order valence-electron chi connectivity index (χ4n) is 4.29. The molecule has 1 atom stereocenters. The van der Waals surface area contributed by atoms with Crippen LogP contribution in [0.15, 0.2) is 72.8 Å². The van der Waals surface area contributed by atoms with E-state index < -0.39 is 6.17 Å². The third kappa shape index (κ3) is 3.19. The molecule has 3 amide bonds. The van der Waals surface area contributed by atoms with Gasteiger partial charge in [0.1, 0.15) is 18.5 Å². The Balaban J connectivity index is 1.42. The number of carbonyl (C=O) groups is 3. The van der Waals surface area contributed by atoms with Crippen molar-refractivity contribution in [2.75, 3.05) is 18.6 Å². The normalized spacial score (nSPS) is 16.3. The molecule has 0 bridgehead atoms. The predicted molar refractivity (Wildman–Crippen MR) is 118 cm³/mol. The maximum atomic E-state index is 13.4. The van der Waals surface area contributed by atoms with Crippen LogP contribution >= 0.6 is 0 Å². The number of nitrogens with zero attached hydrogens (tertiary/aromatic N) is 2. The average Bonchev–Trinajstić information content (AvgIpc) is 3.13. The molecular weight excluding hydrogens is 406 g/mol. The molecule has 0 fully saturated rings. The number of ether oxygens (including phenoxy) is 1. The summed E-state index contributed by atoms with van der Waals surface area (Å²) in [5.74, 6) is -0.00668. The van der Waals surface area contributed by atoms with Crippen molar-refractivity contribution in [1.29, 1.82) is 0 Å². The largest absolute Gasteiger partial charge is 0.497 e. The summed E-state index contributed by atoms with van der Waals surface area (Å²) in [6, 6.07) is 21.6. The Labute approximate surface area is 185 Å². The number of fused-ring (bicyclic) bond motifs is 5. The molecular formula is C25H21N3O4. The predicted octanol–water partition coefficient (Wildman–Crippen LogP) is 3.13. The summed E-state index contributed by atoms with van der Waals surface area (Å²) in [6.45, 7) is 0.164. The van der Waals surface area contributed by atoms with Crippen LogP contribution in [-0.4, -0.2) is 36.3 Å². The smallest absolute Gasteiger partial charge is 0.260 e. The molecule has 7 nitrogen and oxygen atoms in total. The van der Waals surface area contributed by atoms with Gasteiger partial charge in [-0.3, -0.25) is 19.3 Å². The van der Waals surface area contributed by atoms with Crippen molar-refractivity contribution in [3.63, 3.8) is 0 Å². The quantitative estimate of drug-likeness (QED) is 0.679. The van der Waals surface area contributed by atoms with Gasteiger partial charge in [-0.15, -0.1) is 0 Å². The summed E-state index contributed by atoms with van der Waals surface area (Å²) >= 11 is 0. The zero-order valence-electron chi connectivity index (χ0n) is 17.4. The number of nitrogens with one attached hydrogen (secondary N) is 1. The second-order valence-electron chi connectivity index (χ2n) is 7.71. The molecule has 32 heavy (non-hydrogen) atoms. The minimum atomic E-state index is -0.646. The van der Waals surface area contributed by atoms with Crippen LogP contribution in [0.4, 0.5) is 5.69 Å². The molecule has 0 aliphatic carbocycles. The van der Waals surface area contributed by atoms with E-state index in [2.05, 4.69) is 5.32 Å². The summed E-state index contributed by atoms with van der Waals surface area (Å²) in [5.41, 5.74) is 3.16. The highest BCUT2D eigenvalue weighted by atomic mass is 16.5. The van der Waals surface area contributed by atoms with Crippen molar-refractivity contribution >= 4 is 23.4 Å². The molecule has 0 aromatic heterocycles. The molecule has 3 aromatic rings. The standard InChI is InChI=1S/C25H21N3O4/c1-32-17-12-10-16(11-13-17)14-26-22(29)15-27-23-18-6-2-3-7-19(18)25(31)28(23)21-9-5-4-8-20(21)24(27)30/h2-13,23H,14-15H2,1H3,(H,26,29)/t23-/m0/s1. The minimum Gasteiger partial charge on any atom is -0.497 e. The maximum Gasteiger partial charge on any atom is 0.260 e. The van der Waals surface area contributed by atoms with Gasteiger partial charge < -0.3 is 15.0 Å².